The summed E-state index contributed by atoms with van der Waals surface area (Å²) in [6, 6.07) is 6.65. The van der Waals surface area contributed by atoms with Gasteiger partial charge in [-0.1, -0.05) is 23.2 Å². The predicted octanol–water partition coefficient (Wildman–Crippen LogP) is 4.57. The fourth-order valence-corrected chi connectivity index (χ4v) is 3.31. The molecule has 156 valence electrons. The minimum Gasteiger partial charge on any atom is -0.507 e. The van der Waals surface area contributed by atoms with Crippen LogP contribution in [0.4, 0.5) is 0 Å². The first kappa shape index (κ1) is 22.0. The lowest BCUT2D eigenvalue weighted by atomic mass is 10.1. The Morgan fingerprint density at radius 3 is 1.07 bits per heavy atom. The van der Waals surface area contributed by atoms with Gasteiger partial charge in [0, 0.05) is 83.3 Å². The molecular formula is C22H22Cl2N4O2. The van der Waals surface area contributed by atoms with Gasteiger partial charge in [-0.15, -0.1) is 0 Å². The molecule has 0 saturated heterocycles. The molecule has 0 aromatic heterocycles. The van der Waals surface area contributed by atoms with Crippen LogP contribution >= 0.6 is 23.2 Å². The molecule has 0 amide bonds. The molecule has 2 aromatic rings. The van der Waals surface area contributed by atoms with E-state index in [0.29, 0.717) is 71.3 Å². The molecule has 4 bridgehead atoms. The van der Waals surface area contributed by atoms with E-state index in [-0.39, 0.29) is 11.5 Å². The van der Waals surface area contributed by atoms with Crippen LogP contribution in [0.15, 0.2) is 44.2 Å². The molecule has 1 aliphatic heterocycles. The Labute approximate surface area is 185 Å². The summed E-state index contributed by atoms with van der Waals surface area (Å²) in [5.41, 5.74) is 2.18. The van der Waals surface area contributed by atoms with E-state index in [1.54, 1.807) is 49.1 Å². The quantitative estimate of drug-likeness (QED) is 0.622. The highest BCUT2D eigenvalue weighted by molar-refractivity contribution is 6.31. The molecule has 2 aromatic carbocycles. The van der Waals surface area contributed by atoms with Crippen LogP contribution in [0.1, 0.15) is 35.1 Å². The minimum absolute atomic E-state index is 0.100. The van der Waals surface area contributed by atoms with Crippen molar-refractivity contribution in [1.29, 1.82) is 0 Å². The third kappa shape index (κ3) is 6.15. The molecular weight excluding hydrogens is 423 g/mol. The van der Waals surface area contributed by atoms with Crippen LogP contribution in [0, 0.1) is 0 Å². The van der Waals surface area contributed by atoms with Crippen molar-refractivity contribution in [3.05, 3.63) is 56.6 Å². The number of rotatable bonds is 0. The molecule has 2 N–H and O–H groups in total. The molecule has 0 spiro atoms. The summed E-state index contributed by atoms with van der Waals surface area (Å²) >= 11 is 12.3. The zero-order valence-corrected chi connectivity index (χ0v) is 17.8. The smallest absolute Gasteiger partial charge is 0.133 e. The van der Waals surface area contributed by atoms with Crippen LogP contribution in [0.5, 0.6) is 11.5 Å². The van der Waals surface area contributed by atoms with E-state index in [2.05, 4.69) is 20.0 Å². The molecule has 1 aliphatic rings. The van der Waals surface area contributed by atoms with Crippen molar-refractivity contribution in [2.75, 3.05) is 26.2 Å². The van der Waals surface area contributed by atoms with Crippen LogP contribution in [0.2, 0.25) is 10.0 Å². The van der Waals surface area contributed by atoms with E-state index in [9.17, 15) is 10.2 Å². The van der Waals surface area contributed by atoms with Crippen LogP contribution in [-0.2, 0) is 0 Å². The van der Waals surface area contributed by atoms with Gasteiger partial charge >= 0.3 is 0 Å². The Morgan fingerprint density at radius 2 is 0.800 bits per heavy atom. The molecule has 0 fully saturated rings. The lowest BCUT2D eigenvalue weighted by Crippen LogP contribution is -1.95. The van der Waals surface area contributed by atoms with E-state index >= 15 is 0 Å². The molecule has 0 saturated carbocycles. The Morgan fingerprint density at radius 1 is 0.533 bits per heavy atom. The van der Waals surface area contributed by atoms with Gasteiger partial charge in [-0.25, -0.2) is 0 Å². The van der Waals surface area contributed by atoms with Gasteiger partial charge in [0.2, 0.25) is 0 Å². The highest BCUT2D eigenvalue weighted by Gasteiger charge is 2.08. The summed E-state index contributed by atoms with van der Waals surface area (Å²) in [4.78, 5) is 17.4. The van der Waals surface area contributed by atoms with Gasteiger partial charge in [0.25, 0.3) is 0 Å². The number of fused-ring (bicyclic) bond motifs is 4. The SMILES string of the molecule is Oc1c2cc(Cl)cc1C=NCCCN=Cc1cc(Cl)cc(c1O)C=NCCCN=C2. The van der Waals surface area contributed by atoms with Crippen molar-refractivity contribution < 1.29 is 10.2 Å². The van der Waals surface area contributed by atoms with Crippen LogP contribution in [0.3, 0.4) is 0 Å². The third-order valence-corrected chi connectivity index (χ3v) is 4.77. The second-order valence-electron chi connectivity index (χ2n) is 6.71. The molecule has 0 radical (unpaired) electrons. The van der Waals surface area contributed by atoms with E-state index in [0.717, 1.165) is 0 Å². The van der Waals surface area contributed by atoms with Crippen LogP contribution < -0.4 is 0 Å². The third-order valence-electron chi connectivity index (χ3n) is 4.34. The number of phenolic OH excluding ortho intramolecular Hbond substituents is 2. The average Bonchev–Trinajstić information content (AvgIpc) is 2.71. The fraction of sp³-hybridized carbons (Fsp3) is 0.273. The lowest BCUT2D eigenvalue weighted by molar-refractivity contribution is 0.473. The maximum atomic E-state index is 10.4. The first-order chi connectivity index (χ1) is 14.5. The number of hydrogen-bond donors (Lipinski definition) is 2. The molecule has 0 atom stereocenters. The van der Waals surface area contributed by atoms with Gasteiger partial charge in [-0.2, -0.15) is 0 Å². The van der Waals surface area contributed by atoms with Gasteiger partial charge < -0.3 is 10.2 Å². The molecule has 30 heavy (non-hydrogen) atoms. The number of benzene rings is 2. The lowest BCUT2D eigenvalue weighted by Gasteiger charge is -2.05. The summed E-state index contributed by atoms with van der Waals surface area (Å²) in [7, 11) is 0. The molecule has 0 aliphatic carbocycles. The Kier molecular flexibility index (Phi) is 7.99. The monoisotopic (exact) mass is 444 g/mol. The summed E-state index contributed by atoms with van der Waals surface area (Å²) in [5, 5.41) is 21.9. The topological polar surface area (TPSA) is 89.9 Å². The zero-order chi connectivity index (χ0) is 21.3. The summed E-state index contributed by atoms with van der Waals surface area (Å²) < 4.78 is 0. The highest BCUT2D eigenvalue weighted by atomic mass is 35.5. The van der Waals surface area contributed by atoms with Crippen molar-refractivity contribution in [3.8, 4) is 11.5 Å². The van der Waals surface area contributed by atoms with E-state index in [1.807, 2.05) is 0 Å². The van der Waals surface area contributed by atoms with Gasteiger partial charge in [0.05, 0.1) is 0 Å². The number of aliphatic imine (C=N–C) groups is 4. The molecule has 6 nitrogen and oxygen atoms in total. The average molecular weight is 445 g/mol. The van der Waals surface area contributed by atoms with Crippen LogP contribution in [-0.4, -0.2) is 61.3 Å². The zero-order valence-electron chi connectivity index (χ0n) is 16.3. The van der Waals surface area contributed by atoms with Gasteiger partial charge in [0.15, 0.2) is 0 Å². The summed E-state index contributed by atoms with van der Waals surface area (Å²) in [6.07, 6.45) is 7.82. The largest absolute Gasteiger partial charge is 0.507 e. The highest BCUT2D eigenvalue weighted by Crippen LogP contribution is 2.26. The minimum atomic E-state index is 0.100. The summed E-state index contributed by atoms with van der Waals surface area (Å²) in [5.74, 6) is 0.200. The number of phenols is 2. The normalized spacial score (nSPS) is 15.3. The fourth-order valence-electron chi connectivity index (χ4n) is 2.84. The second kappa shape index (κ2) is 10.9. The van der Waals surface area contributed by atoms with E-state index in [4.69, 9.17) is 23.2 Å². The first-order valence-electron chi connectivity index (χ1n) is 9.59. The van der Waals surface area contributed by atoms with E-state index in [1.165, 1.54) is 0 Å². The van der Waals surface area contributed by atoms with Crippen LogP contribution in [0.25, 0.3) is 0 Å². The molecule has 3 rings (SSSR count). The van der Waals surface area contributed by atoms with Gasteiger partial charge in [-0.3, -0.25) is 20.0 Å². The van der Waals surface area contributed by atoms with Gasteiger partial charge in [-0.05, 0) is 37.1 Å². The van der Waals surface area contributed by atoms with Crippen molar-refractivity contribution in [1.82, 2.24) is 0 Å². The number of halogens is 2. The van der Waals surface area contributed by atoms with Crippen molar-refractivity contribution >= 4 is 48.1 Å². The molecule has 1 heterocycles. The number of aromatic hydroxyl groups is 2. The summed E-state index contributed by atoms with van der Waals surface area (Å²) in [6.45, 7) is 2.14. The second-order valence-corrected chi connectivity index (χ2v) is 7.59. The number of nitrogens with zero attached hydrogens (tertiary/aromatic N) is 4. The predicted molar refractivity (Wildman–Crippen MR) is 125 cm³/mol. The standard InChI is InChI=1S/C22H22Cl2N4O2/c23-19-7-15-11-25-3-1-4-26-12-16-8-20(24)10-18(22(16)30)14-28-6-2-5-27-13-17(9-19)21(15)29/h7-14,29-30H,1-6H2. The molecule has 0 unspecified atom stereocenters. The first-order valence-corrected chi connectivity index (χ1v) is 10.3. The maximum Gasteiger partial charge on any atom is 0.133 e. The number of hydrogen-bond acceptors (Lipinski definition) is 6. The Bertz CT molecular complexity index is 865. The maximum absolute atomic E-state index is 10.4. The van der Waals surface area contributed by atoms with Gasteiger partial charge in [0.1, 0.15) is 11.5 Å². The van der Waals surface area contributed by atoms with Crippen molar-refractivity contribution in [3.63, 3.8) is 0 Å². The Hall–Kier alpha value is -2.70. The van der Waals surface area contributed by atoms with Crippen molar-refractivity contribution in [2.45, 2.75) is 12.8 Å². The van der Waals surface area contributed by atoms with E-state index < -0.39 is 0 Å². The van der Waals surface area contributed by atoms with Crippen molar-refractivity contribution in [2.24, 2.45) is 20.0 Å². The Balaban J connectivity index is 1.83. The molecule has 8 heteroatoms.